The van der Waals surface area contributed by atoms with Crippen LogP contribution in [0.1, 0.15) is 0 Å². The number of aliphatic hydroxyl groups excluding tert-OH is 1. The summed E-state index contributed by atoms with van der Waals surface area (Å²) < 4.78 is 16.8. The maximum atomic E-state index is 9.23. The molecule has 0 aliphatic rings. The zero-order valence-electron chi connectivity index (χ0n) is 2.72. The summed E-state index contributed by atoms with van der Waals surface area (Å²) in [6.07, 6.45) is 0. The first-order valence-corrected chi connectivity index (χ1v) is 2.23. The molecule has 5 heteroatoms. The van der Waals surface area contributed by atoms with Gasteiger partial charge in [0.2, 0.25) is 0 Å². The second kappa shape index (κ2) is 5.59. The summed E-state index contributed by atoms with van der Waals surface area (Å²) in [4.78, 5) is 0. The largest absolute Gasteiger partial charge is 0.381 e. The van der Waals surface area contributed by atoms with Gasteiger partial charge in [0.05, 0.1) is 0 Å². The van der Waals surface area contributed by atoms with Gasteiger partial charge in [-0.1, -0.05) is 0 Å². The van der Waals surface area contributed by atoms with Crippen molar-refractivity contribution in [3.63, 3.8) is 0 Å². The van der Waals surface area contributed by atoms with Crippen LogP contribution in [0.3, 0.4) is 0 Å². The molecule has 0 rings (SSSR count). The van der Waals surface area contributed by atoms with Gasteiger partial charge in [0, 0.05) is 17.1 Å². The van der Waals surface area contributed by atoms with Crippen LogP contribution in [-0.2, 0) is 28.1 Å². The van der Waals surface area contributed by atoms with Crippen LogP contribution < -0.4 is 0 Å². The Balaban J connectivity index is 0. The zero-order chi connectivity index (χ0) is 4.28. The molecule has 6 heavy (non-hydrogen) atoms. The van der Waals surface area contributed by atoms with Crippen molar-refractivity contribution in [2.75, 3.05) is 5.94 Å². The molecule has 1 radical (unpaired) electrons. The molecule has 0 heterocycles. The van der Waals surface area contributed by atoms with Gasteiger partial charge in [-0.3, -0.25) is 0 Å². The van der Waals surface area contributed by atoms with Crippen LogP contribution >= 0.6 is 0 Å². The monoisotopic (exact) mass is 159 g/mol. The Morgan fingerprint density at radius 2 is 1.83 bits per heavy atom. The molecule has 0 fully saturated rings. The van der Waals surface area contributed by atoms with E-state index in [2.05, 4.69) is 0 Å². The van der Waals surface area contributed by atoms with E-state index >= 15 is 0 Å². The van der Waals surface area contributed by atoms with E-state index < -0.39 is 17.0 Å². The van der Waals surface area contributed by atoms with Crippen molar-refractivity contribution in [3.8, 4) is 0 Å². The third-order valence-electron chi connectivity index (χ3n) is 0.110. The first-order chi connectivity index (χ1) is 2.27. The van der Waals surface area contributed by atoms with Gasteiger partial charge < -0.3 is 9.66 Å². The average Bonchev–Trinajstić information content (AvgIpc) is 1.38. The topological polar surface area (TPSA) is 57.5 Å². The van der Waals surface area contributed by atoms with Crippen molar-refractivity contribution in [1.82, 2.24) is 0 Å². The molecule has 0 saturated carbocycles. The molecular weight excluding hydrogens is 156 g/mol. The Morgan fingerprint density at radius 3 is 1.83 bits per heavy atom. The summed E-state index contributed by atoms with van der Waals surface area (Å²) in [6, 6.07) is 0. The third kappa shape index (κ3) is 8.82. The van der Waals surface area contributed by atoms with Crippen LogP contribution in [-0.4, -0.2) is 19.8 Å². The van der Waals surface area contributed by atoms with E-state index in [-0.39, 0.29) is 17.1 Å². The molecule has 1 atom stereocenters. The first kappa shape index (κ1) is 9.77. The minimum atomic E-state index is -2.02. The van der Waals surface area contributed by atoms with Gasteiger partial charge in [-0.15, -0.1) is 0 Å². The van der Waals surface area contributed by atoms with Crippen LogP contribution in [0, 0.1) is 0 Å². The third-order valence-corrected chi connectivity index (χ3v) is 0.331. The SMILES string of the molecule is O=S(O)CO.[Cu]. The van der Waals surface area contributed by atoms with E-state index in [0.717, 1.165) is 0 Å². The molecular formula is CH4CuO3S. The molecule has 0 aromatic carbocycles. The van der Waals surface area contributed by atoms with Crippen molar-refractivity contribution in [2.24, 2.45) is 0 Å². The van der Waals surface area contributed by atoms with Gasteiger partial charge in [-0.2, -0.15) is 0 Å². The molecule has 0 saturated heterocycles. The maximum absolute atomic E-state index is 9.23. The van der Waals surface area contributed by atoms with Crippen molar-refractivity contribution in [3.05, 3.63) is 0 Å². The number of hydrogen-bond donors (Lipinski definition) is 2. The van der Waals surface area contributed by atoms with Crippen molar-refractivity contribution in [1.29, 1.82) is 0 Å². The molecule has 0 aromatic rings. The second-order valence-electron chi connectivity index (χ2n) is 0.451. The minimum Gasteiger partial charge on any atom is -0.381 e. The van der Waals surface area contributed by atoms with Gasteiger partial charge in [0.25, 0.3) is 0 Å². The standard InChI is InChI=1S/CH4O3S.Cu/c2-1-5(3)4;/h2H,1H2,(H,3,4);. The number of rotatable bonds is 1. The van der Waals surface area contributed by atoms with Crippen LogP contribution in [0.4, 0.5) is 0 Å². The van der Waals surface area contributed by atoms with Crippen LogP contribution in [0.25, 0.3) is 0 Å². The van der Waals surface area contributed by atoms with Gasteiger partial charge in [0.15, 0.2) is 11.1 Å². The van der Waals surface area contributed by atoms with E-state index in [9.17, 15) is 4.21 Å². The summed E-state index contributed by atoms with van der Waals surface area (Å²) in [6.45, 7) is 0. The van der Waals surface area contributed by atoms with Crippen molar-refractivity contribution in [2.45, 2.75) is 0 Å². The van der Waals surface area contributed by atoms with Crippen LogP contribution in [0.5, 0.6) is 0 Å². The van der Waals surface area contributed by atoms with Crippen molar-refractivity contribution >= 4 is 11.1 Å². The zero-order valence-corrected chi connectivity index (χ0v) is 4.48. The first-order valence-electron chi connectivity index (χ1n) is 0.954. The Morgan fingerprint density at radius 1 is 1.67 bits per heavy atom. The molecule has 0 bridgehead atoms. The predicted molar refractivity (Wildman–Crippen MR) is 17.9 cm³/mol. The van der Waals surface area contributed by atoms with E-state index in [4.69, 9.17) is 9.66 Å². The molecule has 1 unspecified atom stereocenters. The van der Waals surface area contributed by atoms with E-state index in [1.807, 2.05) is 0 Å². The van der Waals surface area contributed by atoms with Gasteiger partial charge in [-0.05, 0) is 0 Å². The summed E-state index contributed by atoms with van der Waals surface area (Å²) in [5, 5.41) is 7.59. The molecule has 0 aliphatic heterocycles. The fourth-order valence-electron chi connectivity index (χ4n) is 0. The summed E-state index contributed by atoms with van der Waals surface area (Å²) in [5.41, 5.74) is 0. The van der Waals surface area contributed by atoms with Gasteiger partial charge >= 0.3 is 0 Å². The van der Waals surface area contributed by atoms with E-state index in [1.54, 1.807) is 0 Å². The van der Waals surface area contributed by atoms with Gasteiger partial charge in [-0.25, -0.2) is 4.21 Å². The second-order valence-corrected chi connectivity index (χ2v) is 1.35. The Labute approximate surface area is 48.5 Å². The molecule has 0 aliphatic carbocycles. The average molecular weight is 160 g/mol. The molecule has 2 N–H and O–H groups in total. The summed E-state index contributed by atoms with van der Waals surface area (Å²) in [7, 11) is 0. The minimum absolute atomic E-state index is 0. The quantitative estimate of drug-likeness (QED) is 0.388. The molecule has 0 aromatic heterocycles. The number of aliphatic hydroxyl groups is 1. The summed E-state index contributed by atoms with van der Waals surface area (Å²) in [5.74, 6) is -0.667. The molecule has 43 valence electrons. The fourth-order valence-corrected chi connectivity index (χ4v) is 0. The molecule has 3 nitrogen and oxygen atoms in total. The van der Waals surface area contributed by atoms with E-state index in [1.165, 1.54) is 0 Å². The predicted octanol–water partition coefficient (Wildman–Crippen LogP) is -0.845. The van der Waals surface area contributed by atoms with Crippen LogP contribution in [0.2, 0.25) is 0 Å². The van der Waals surface area contributed by atoms with Crippen LogP contribution in [0.15, 0.2) is 0 Å². The van der Waals surface area contributed by atoms with Crippen molar-refractivity contribution < 1.29 is 30.9 Å². The van der Waals surface area contributed by atoms with Gasteiger partial charge in [0.1, 0.15) is 5.94 Å². The fraction of sp³-hybridized carbons (Fsp3) is 1.00. The Bertz CT molecular complexity index is 46.1. The molecule has 0 amide bonds. The summed E-state index contributed by atoms with van der Waals surface area (Å²) >= 11 is -2.02. The smallest absolute Gasteiger partial charge is 0.179 e. The number of hydrogen-bond acceptors (Lipinski definition) is 2. The van der Waals surface area contributed by atoms with E-state index in [0.29, 0.717) is 0 Å². The maximum Gasteiger partial charge on any atom is 0.179 e. The molecule has 0 spiro atoms. The normalized spacial score (nSPS) is 12.3. The Kier molecular flexibility index (Phi) is 9.11. The Hall–Kier alpha value is 0.589.